The number of nitrogens with two attached hydrogens (primary N) is 1. The second kappa shape index (κ2) is 11.7. The third-order valence-electron chi connectivity index (χ3n) is 8.05. The quantitative estimate of drug-likeness (QED) is 0.203. The lowest BCUT2D eigenvalue weighted by molar-refractivity contribution is 0.205. The number of hydrogen-bond donors (Lipinski definition) is 3. The number of carbonyl (C=O) groups is 1. The Morgan fingerprint density at radius 2 is 1.92 bits per heavy atom. The SMILES string of the molecule is C#CC1CCC(Cn2c(/C=C/c3ccccc3)nc3nc(C(N)=NC(=O)O)nc(NC(C)C4CCC4)c32)CC1. The van der Waals surface area contributed by atoms with E-state index >= 15 is 0 Å². The first-order valence-electron chi connectivity index (χ1n) is 13.7. The maximum Gasteiger partial charge on any atom is 0.433 e. The molecule has 2 fully saturated rings. The molecule has 5 rings (SSSR count). The first-order valence-corrected chi connectivity index (χ1v) is 13.7. The van der Waals surface area contributed by atoms with Crippen molar-refractivity contribution in [2.24, 2.45) is 28.5 Å². The van der Waals surface area contributed by atoms with Crippen molar-refractivity contribution in [2.45, 2.75) is 64.5 Å². The van der Waals surface area contributed by atoms with Gasteiger partial charge in [-0.3, -0.25) is 0 Å². The standard InChI is InChI=1S/C30H35N7O2/c1-3-20-12-14-22(15-13-20)18-37-24(17-16-21-8-5-4-6-9-21)33-28-25(37)27(32-19(2)23-10-7-11-23)35-29(36-28)26(31)34-30(38)39/h1,4-6,8-9,16-17,19-20,22-23H,7,10-15,18H2,2H3,(H2,31,34)(H,38,39)(H,32,35,36)/b17-16+. The van der Waals surface area contributed by atoms with Crippen molar-refractivity contribution in [3.63, 3.8) is 0 Å². The maximum atomic E-state index is 11.2. The zero-order chi connectivity index (χ0) is 27.4. The molecule has 1 unspecified atom stereocenters. The van der Waals surface area contributed by atoms with Crippen molar-refractivity contribution in [1.82, 2.24) is 19.5 Å². The molecule has 1 amide bonds. The zero-order valence-corrected chi connectivity index (χ0v) is 22.3. The number of fused-ring (bicyclic) bond motifs is 1. The van der Waals surface area contributed by atoms with Gasteiger partial charge in [0.05, 0.1) is 0 Å². The van der Waals surface area contributed by atoms with Crippen molar-refractivity contribution in [2.75, 3.05) is 5.32 Å². The number of amidine groups is 1. The summed E-state index contributed by atoms with van der Waals surface area (Å²) in [5.41, 5.74) is 8.30. The van der Waals surface area contributed by atoms with Gasteiger partial charge in [-0.1, -0.05) is 42.8 Å². The van der Waals surface area contributed by atoms with E-state index in [1.165, 1.54) is 19.3 Å². The molecule has 0 spiro atoms. The number of carboxylic acid groups (broad SMARTS) is 1. The van der Waals surface area contributed by atoms with E-state index in [1.807, 2.05) is 42.5 Å². The van der Waals surface area contributed by atoms with Crippen LogP contribution < -0.4 is 11.1 Å². The largest absolute Gasteiger partial charge is 0.463 e. The minimum Gasteiger partial charge on any atom is -0.463 e. The number of aromatic nitrogens is 4. The third-order valence-corrected chi connectivity index (χ3v) is 8.05. The van der Waals surface area contributed by atoms with Crippen molar-refractivity contribution in [1.29, 1.82) is 0 Å². The number of anilines is 1. The van der Waals surface area contributed by atoms with Gasteiger partial charge in [0.15, 0.2) is 23.1 Å². The topological polar surface area (TPSA) is 131 Å². The van der Waals surface area contributed by atoms with Gasteiger partial charge in [-0.05, 0) is 68.9 Å². The van der Waals surface area contributed by atoms with Crippen LogP contribution in [0.15, 0.2) is 35.3 Å². The molecular formula is C30H35N7O2. The highest BCUT2D eigenvalue weighted by Gasteiger charge is 2.28. The fourth-order valence-corrected chi connectivity index (χ4v) is 5.51. The van der Waals surface area contributed by atoms with E-state index in [4.69, 9.17) is 27.2 Å². The first-order chi connectivity index (χ1) is 18.9. The molecule has 9 heteroatoms. The van der Waals surface area contributed by atoms with Crippen LogP contribution in [0, 0.1) is 30.1 Å². The molecule has 1 aromatic carbocycles. The smallest absolute Gasteiger partial charge is 0.433 e. The lowest BCUT2D eigenvalue weighted by Crippen LogP contribution is -2.32. The lowest BCUT2D eigenvalue weighted by atomic mass is 9.80. The van der Waals surface area contributed by atoms with Crippen LogP contribution in [-0.4, -0.2) is 42.6 Å². The van der Waals surface area contributed by atoms with E-state index in [0.29, 0.717) is 29.2 Å². The molecule has 2 aromatic heterocycles. The van der Waals surface area contributed by atoms with Crippen LogP contribution in [0.1, 0.15) is 69.1 Å². The molecule has 39 heavy (non-hydrogen) atoms. The van der Waals surface area contributed by atoms with Crippen LogP contribution in [0.2, 0.25) is 0 Å². The van der Waals surface area contributed by atoms with Gasteiger partial charge in [-0.25, -0.2) is 19.7 Å². The van der Waals surface area contributed by atoms with Crippen molar-refractivity contribution in [3.05, 3.63) is 47.5 Å². The van der Waals surface area contributed by atoms with E-state index in [-0.39, 0.29) is 17.7 Å². The van der Waals surface area contributed by atoms with Gasteiger partial charge in [0.1, 0.15) is 11.3 Å². The number of terminal acetylenes is 1. The fourth-order valence-electron chi connectivity index (χ4n) is 5.51. The summed E-state index contributed by atoms with van der Waals surface area (Å²) < 4.78 is 2.19. The van der Waals surface area contributed by atoms with Gasteiger partial charge in [-0.15, -0.1) is 12.3 Å². The van der Waals surface area contributed by atoms with Gasteiger partial charge in [0.25, 0.3) is 0 Å². The summed E-state index contributed by atoms with van der Waals surface area (Å²) in [6, 6.07) is 10.2. The second-order valence-corrected chi connectivity index (χ2v) is 10.7. The van der Waals surface area contributed by atoms with E-state index in [0.717, 1.165) is 49.1 Å². The molecule has 9 nitrogen and oxygen atoms in total. The summed E-state index contributed by atoms with van der Waals surface area (Å²) in [6.07, 6.45) is 16.0. The molecule has 2 saturated carbocycles. The van der Waals surface area contributed by atoms with E-state index < -0.39 is 6.09 Å². The van der Waals surface area contributed by atoms with Crippen molar-refractivity contribution < 1.29 is 9.90 Å². The normalized spacial score (nSPS) is 21.0. The highest BCUT2D eigenvalue weighted by atomic mass is 16.4. The summed E-state index contributed by atoms with van der Waals surface area (Å²) in [4.78, 5) is 28.8. The van der Waals surface area contributed by atoms with Crippen molar-refractivity contribution >= 4 is 41.1 Å². The minimum absolute atomic E-state index is 0.0472. The predicted octanol–water partition coefficient (Wildman–Crippen LogP) is 5.42. The molecule has 0 aliphatic heterocycles. The average molecular weight is 526 g/mol. The molecule has 3 aromatic rings. The third kappa shape index (κ3) is 6.11. The zero-order valence-electron chi connectivity index (χ0n) is 22.3. The van der Waals surface area contributed by atoms with Gasteiger partial charge in [0.2, 0.25) is 0 Å². The van der Waals surface area contributed by atoms with E-state index in [1.54, 1.807) is 0 Å². The Balaban J connectivity index is 1.61. The Bertz CT molecular complexity index is 1430. The summed E-state index contributed by atoms with van der Waals surface area (Å²) in [5.74, 6) is 5.42. The maximum absolute atomic E-state index is 11.2. The molecule has 0 saturated heterocycles. The first kappa shape index (κ1) is 26.4. The summed E-state index contributed by atoms with van der Waals surface area (Å²) in [7, 11) is 0. The molecule has 2 aliphatic carbocycles. The van der Waals surface area contributed by atoms with Crippen molar-refractivity contribution in [3.8, 4) is 12.3 Å². The van der Waals surface area contributed by atoms with Gasteiger partial charge in [0, 0.05) is 18.5 Å². The molecule has 0 bridgehead atoms. The molecule has 202 valence electrons. The summed E-state index contributed by atoms with van der Waals surface area (Å²) in [6.45, 7) is 2.92. The number of nitrogens with zero attached hydrogens (tertiary/aromatic N) is 5. The number of amides is 1. The molecule has 2 aliphatic rings. The van der Waals surface area contributed by atoms with E-state index in [9.17, 15) is 4.79 Å². The summed E-state index contributed by atoms with van der Waals surface area (Å²) >= 11 is 0. The Hall–Kier alpha value is -4.19. The molecule has 2 heterocycles. The highest BCUT2D eigenvalue weighted by molar-refractivity contribution is 6.01. The Morgan fingerprint density at radius 3 is 2.56 bits per heavy atom. The average Bonchev–Trinajstić information content (AvgIpc) is 3.24. The van der Waals surface area contributed by atoms with Gasteiger partial charge < -0.3 is 20.7 Å². The Morgan fingerprint density at radius 1 is 1.18 bits per heavy atom. The molecule has 4 N–H and O–H groups in total. The predicted molar refractivity (Wildman–Crippen MR) is 154 cm³/mol. The second-order valence-electron chi connectivity index (χ2n) is 10.7. The van der Waals surface area contributed by atoms with E-state index in [2.05, 4.69) is 32.7 Å². The molecule has 0 radical (unpaired) electrons. The fraction of sp³-hybridized carbons (Fsp3) is 0.433. The Kier molecular flexibility index (Phi) is 7.92. The molecular weight excluding hydrogens is 490 g/mol. The number of nitrogens with one attached hydrogen (secondary N) is 1. The van der Waals surface area contributed by atoms with Gasteiger partial charge >= 0.3 is 6.09 Å². The lowest BCUT2D eigenvalue weighted by Gasteiger charge is -2.32. The van der Waals surface area contributed by atoms with Gasteiger partial charge in [-0.2, -0.15) is 4.99 Å². The number of rotatable bonds is 8. The highest BCUT2D eigenvalue weighted by Crippen LogP contribution is 2.34. The summed E-state index contributed by atoms with van der Waals surface area (Å²) in [5, 5.41) is 12.7. The molecule has 1 atom stereocenters. The Labute approximate surface area is 228 Å². The number of aliphatic imine (C=N–C) groups is 1. The minimum atomic E-state index is -1.40. The van der Waals surface area contributed by atoms with Crippen LogP contribution in [0.3, 0.4) is 0 Å². The van der Waals surface area contributed by atoms with Crippen LogP contribution in [0.25, 0.3) is 23.3 Å². The number of hydrogen-bond acceptors (Lipinski definition) is 5. The number of imidazole rings is 1. The van der Waals surface area contributed by atoms with Crippen LogP contribution >= 0.6 is 0 Å². The monoisotopic (exact) mass is 525 g/mol. The van der Waals surface area contributed by atoms with Crippen LogP contribution in [0.4, 0.5) is 10.6 Å². The van der Waals surface area contributed by atoms with Crippen LogP contribution in [0.5, 0.6) is 0 Å². The van der Waals surface area contributed by atoms with Crippen LogP contribution in [-0.2, 0) is 6.54 Å². The number of benzene rings is 1.